The summed E-state index contributed by atoms with van der Waals surface area (Å²) in [5.41, 5.74) is 0.434. The lowest BCUT2D eigenvalue weighted by Gasteiger charge is -2.17. The number of nitrogens with zero attached hydrogens (tertiary/aromatic N) is 1. The molecule has 1 saturated heterocycles. The zero-order valence-electron chi connectivity index (χ0n) is 6.76. The molecule has 0 bridgehead atoms. The van der Waals surface area contributed by atoms with Crippen LogP contribution in [-0.4, -0.2) is 30.8 Å². The third-order valence-corrected chi connectivity index (χ3v) is 2.09. The van der Waals surface area contributed by atoms with Gasteiger partial charge in [0, 0.05) is 6.54 Å². The van der Waals surface area contributed by atoms with Crippen molar-refractivity contribution in [2.75, 3.05) is 19.6 Å². The van der Waals surface area contributed by atoms with Crippen LogP contribution >= 0.6 is 0 Å². The molecule has 10 heavy (non-hydrogen) atoms. The minimum absolute atomic E-state index is 0.434. The second-order valence-electron chi connectivity index (χ2n) is 3.82. The Morgan fingerprint density at radius 3 is 2.70 bits per heavy atom. The second-order valence-corrected chi connectivity index (χ2v) is 3.82. The van der Waals surface area contributed by atoms with E-state index < -0.39 is 0 Å². The molecular weight excluding hydrogens is 126 g/mol. The van der Waals surface area contributed by atoms with E-state index in [4.69, 9.17) is 0 Å². The maximum absolute atomic E-state index is 10.1. The van der Waals surface area contributed by atoms with Gasteiger partial charge in [-0.3, -0.25) is 4.90 Å². The van der Waals surface area contributed by atoms with E-state index in [0.717, 1.165) is 19.4 Å². The summed E-state index contributed by atoms with van der Waals surface area (Å²) < 4.78 is 0. The highest BCUT2D eigenvalue weighted by molar-refractivity contribution is 5.52. The molecule has 1 rings (SSSR count). The van der Waals surface area contributed by atoms with Gasteiger partial charge < -0.3 is 4.79 Å². The summed E-state index contributed by atoms with van der Waals surface area (Å²) in [6.45, 7) is 7.27. The average molecular weight is 141 g/mol. The number of carbonyl (C=O) groups excluding carboxylic acids is 1. The van der Waals surface area contributed by atoms with Crippen molar-refractivity contribution < 1.29 is 4.79 Å². The Balaban J connectivity index is 2.35. The molecule has 0 amide bonds. The molecule has 0 aromatic carbocycles. The minimum atomic E-state index is 0.434. The first-order valence-corrected chi connectivity index (χ1v) is 3.80. The molecule has 2 nitrogen and oxygen atoms in total. The van der Waals surface area contributed by atoms with Crippen LogP contribution in [0.2, 0.25) is 0 Å². The van der Waals surface area contributed by atoms with Crippen molar-refractivity contribution in [3.05, 3.63) is 0 Å². The minimum Gasteiger partial charge on any atom is -0.302 e. The van der Waals surface area contributed by atoms with Gasteiger partial charge in [0.15, 0.2) is 0 Å². The van der Waals surface area contributed by atoms with E-state index in [-0.39, 0.29) is 0 Å². The van der Waals surface area contributed by atoms with Gasteiger partial charge in [-0.15, -0.1) is 0 Å². The Morgan fingerprint density at radius 1 is 1.60 bits per heavy atom. The molecule has 1 aliphatic heterocycles. The van der Waals surface area contributed by atoms with Crippen LogP contribution in [0.25, 0.3) is 0 Å². The van der Waals surface area contributed by atoms with Crippen molar-refractivity contribution in [3.63, 3.8) is 0 Å². The average Bonchev–Trinajstić information content (AvgIpc) is 2.12. The number of rotatable bonds is 2. The number of hydrogen-bond acceptors (Lipinski definition) is 2. The molecule has 0 spiro atoms. The topological polar surface area (TPSA) is 20.3 Å². The molecule has 0 unspecified atom stereocenters. The van der Waals surface area contributed by atoms with E-state index in [1.165, 1.54) is 6.42 Å². The van der Waals surface area contributed by atoms with E-state index >= 15 is 0 Å². The third kappa shape index (κ3) is 1.81. The van der Waals surface area contributed by atoms with Crippen molar-refractivity contribution in [1.29, 1.82) is 0 Å². The van der Waals surface area contributed by atoms with Gasteiger partial charge in [-0.1, -0.05) is 13.8 Å². The van der Waals surface area contributed by atoms with Gasteiger partial charge in [0.25, 0.3) is 0 Å². The summed E-state index contributed by atoms with van der Waals surface area (Å²) in [6, 6.07) is 0. The number of hydrogen-bond donors (Lipinski definition) is 0. The highest BCUT2D eigenvalue weighted by atomic mass is 16.1. The first kappa shape index (κ1) is 7.73. The summed E-state index contributed by atoms with van der Waals surface area (Å²) in [5, 5.41) is 0. The Morgan fingerprint density at radius 2 is 2.30 bits per heavy atom. The maximum atomic E-state index is 10.1. The zero-order valence-corrected chi connectivity index (χ0v) is 6.76. The SMILES string of the molecule is CC1(C)CCN(CC=O)C1. The summed E-state index contributed by atoms with van der Waals surface area (Å²) in [4.78, 5) is 12.3. The van der Waals surface area contributed by atoms with Crippen molar-refractivity contribution in [2.24, 2.45) is 5.41 Å². The lowest BCUT2D eigenvalue weighted by Crippen LogP contribution is -2.24. The number of carbonyl (C=O) groups is 1. The van der Waals surface area contributed by atoms with Gasteiger partial charge >= 0.3 is 0 Å². The lowest BCUT2D eigenvalue weighted by atomic mass is 9.93. The van der Waals surface area contributed by atoms with Crippen LogP contribution in [0.1, 0.15) is 20.3 Å². The second kappa shape index (κ2) is 2.70. The largest absolute Gasteiger partial charge is 0.302 e. The van der Waals surface area contributed by atoms with Gasteiger partial charge in [0.1, 0.15) is 6.29 Å². The maximum Gasteiger partial charge on any atom is 0.133 e. The Labute approximate surface area is 62.2 Å². The summed E-state index contributed by atoms with van der Waals surface area (Å²) >= 11 is 0. The fraction of sp³-hybridized carbons (Fsp3) is 0.875. The Kier molecular flexibility index (Phi) is 2.09. The van der Waals surface area contributed by atoms with E-state index in [2.05, 4.69) is 18.7 Å². The molecule has 0 N–H and O–H groups in total. The third-order valence-electron chi connectivity index (χ3n) is 2.09. The first-order chi connectivity index (χ1) is 4.64. The molecule has 0 aromatic rings. The quantitative estimate of drug-likeness (QED) is 0.533. The molecule has 0 aliphatic carbocycles. The lowest BCUT2D eigenvalue weighted by molar-refractivity contribution is -0.108. The first-order valence-electron chi connectivity index (χ1n) is 3.80. The van der Waals surface area contributed by atoms with Gasteiger partial charge in [0.2, 0.25) is 0 Å². The highest BCUT2D eigenvalue weighted by Gasteiger charge is 2.28. The zero-order chi connectivity index (χ0) is 7.61. The summed E-state index contributed by atoms with van der Waals surface area (Å²) in [6.07, 6.45) is 2.21. The summed E-state index contributed by atoms with van der Waals surface area (Å²) in [5.74, 6) is 0. The monoisotopic (exact) mass is 141 g/mol. The molecule has 1 aliphatic rings. The van der Waals surface area contributed by atoms with Crippen LogP contribution < -0.4 is 0 Å². The fourth-order valence-corrected chi connectivity index (χ4v) is 1.49. The van der Waals surface area contributed by atoms with Crippen LogP contribution in [0.4, 0.5) is 0 Å². The Bertz CT molecular complexity index is 131. The standard InChI is InChI=1S/C8H15NO/c1-8(2)3-4-9(7-8)5-6-10/h6H,3-5,7H2,1-2H3. The van der Waals surface area contributed by atoms with Crippen molar-refractivity contribution in [1.82, 2.24) is 4.90 Å². The van der Waals surface area contributed by atoms with Gasteiger partial charge in [-0.25, -0.2) is 0 Å². The van der Waals surface area contributed by atoms with Crippen LogP contribution in [0, 0.1) is 5.41 Å². The van der Waals surface area contributed by atoms with Crippen LogP contribution in [0.3, 0.4) is 0 Å². The normalized spacial score (nSPS) is 25.0. The molecular formula is C8H15NO. The Hall–Kier alpha value is -0.370. The predicted octanol–water partition coefficient (Wildman–Crippen LogP) is 0.917. The fourth-order valence-electron chi connectivity index (χ4n) is 1.49. The predicted molar refractivity (Wildman–Crippen MR) is 40.9 cm³/mol. The van der Waals surface area contributed by atoms with Crippen molar-refractivity contribution >= 4 is 6.29 Å². The molecule has 0 aromatic heterocycles. The molecule has 0 saturated carbocycles. The smallest absolute Gasteiger partial charge is 0.133 e. The van der Waals surface area contributed by atoms with Gasteiger partial charge in [0.05, 0.1) is 6.54 Å². The van der Waals surface area contributed by atoms with Crippen molar-refractivity contribution in [3.8, 4) is 0 Å². The van der Waals surface area contributed by atoms with E-state index in [1.807, 2.05) is 0 Å². The van der Waals surface area contributed by atoms with E-state index in [9.17, 15) is 4.79 Å². The van der Waals surface area contributed by atoms with Gasteiger partial charge in [-0.2, -0.15) is 0 Å². The highest BCUT2D eigenvalue weighted by Crippen LogP contribution is 2.27. The van der Waals surface area contributed by atoms with Crippen LogP contribution in [-0.2, 0) is 4.79 Å². The van der Waals surface area contributed by atoms with Crippen LogP contribution in [0.15, 0.2) is 0 Å². The molecule has 2 heteroatoms. The van der Waals surface area contributed by atoms with Crippen LogP contribution in [0.5, 0.6) is 0 Å². The van der Waals surface area contributed by atoms with Crippen molar-refractivity contribution in [2.45, 2.75) is 20.3 Å². The number of likely N-dealkylation sites (tertiary alicyclic amines) is 1. The number of aldehydes is 1. The van der Waals surface area contributed by atoms with Gasteiger partial charge in [-0.05, 0) is 18.4 Å². The molecule has 0 atom stereocenters. The summed E-state index contributed by atoms with van der Waals surface area (Å²) in [7, 11) is 0. The molecule has 1 heterocycles. The molecule has 1 fully saturated rings. The molecule has 58 valence electrons. The van der Waals surface area contributed by atoms with E-state index in [0.29, 0.717) is 12.0 Å². The molecule has 0 radical (unpaired) electrons. The van der Waals surface area contributed by atoms with E-state index in [1.54, 1.807) is 0 Å².